The predicted octanol–water partition coefficient (Wildman–Crippen LogP) is 1.42. The average Bonchev–Trinajstić information content (AvgIpc) is 2.59. The molecule has 0 aromatic heterocycles. The molecule has 0 bridgehead atoms. The molecule has 1 heterocycles. The minimum atomic E-state index is -0.761. The molecule has 1 atom stereocenters. The summed E-state index contributed by atoms with van der Waals surface area (Å²) in [6.45, 7) is 5.58. The maximum Gasteiger partial charge on any atom is 0.232 e. The summed E-state index contributed by atoms with van der Waals surface area (Å²) in [6.07, 6.45) is 1.57. The monoisotopic (exact) mass is 335 g/mol. The predicted molar refractivity (Wildman–Crippen MR) is 90.8 cm³/mol. The van der Waals surface area contributed by atoms with Crippen molar-refractivity contribution in [3.8, 4) is 0 Å². The third-order valence-electron chi connectivity index (χ3n) is 4.62. The van der Waals surface area contributed by atoms with E-state index in [2.05, 4.69) is 5.32 Å². The molecule has 1 aliphatic heterocycles. The molecule has 1 fully saturated rings. The molecule has 24 heavy (non-hydrogen) atoms. The molecule has 1 unspecified atom stereocenters. The Morgan fingerprint density at radius 2 is 2.00 bits per heavy atom. The third-order valence-corrected chi connectivity index (χ3v) is 4.62. The van der Waals surface area contributed by atoms with Gasteiger partial charge in [-0.2, -0.15) is 0 Å². The van der Waals surface area contributed by atoms with Crippen molar-refractivity contribution >= 4 is 11.8 Å². The molecule has 1 saturated heterocycles. The van der Waals surface area contributed by atoms with Crippen LogP contribution in [0, 0.1) is 11.7 Å². The van der Waals surface area contributed by atoms with Crippen molar-refractivity contribution < 1.29 is 14.0 Å². The fourth-order valence-corrected chi connectivity index (χ4v) is 3.10. The minimum absolute atomic E-state index is 0.0366. The number of rotatable bonds is 5. The second-order valence-corrected chi connectivity index (χ2v) is 6.80. The number of halogens is 1. The summed E-state index contributed by atoms with van der Waals surface area (Å²) in [4.78, 5) is 26.9. The Balaban J connectivity index is 2.07. The highest BCUT2D eigenvalue weighted by atomic mass is 19.1. The van der Waals surface area contributed by atoms with Crippen LogP contribution < -0.4 is 11.1 Å². The van der Waals surface area contributed by atoms with Gasteiger partial charge in [0, 0.05) is 26.2 Å². The first-order valence-corrected chi connectivity index (χ1v) is 8.39. The molecular weight excluding hydrogens is 309 g/mol. The molecule has 132 valence electrons. The zero-order valence-electron chi connectivity index (χ0n) is 14.3. The second kappa shape index (κ2) is 7.75. The standard InChI is InChI=1S/C18H26FN3O2/c1-18(2,14-5-7-15(19)8-6-14)17(24)22-11-3-4-13(12-22)16(23)21-10-9-20/h5-8,13H,3-4,9-12,20H2,1-2H3,(H,21,23). The number of amides is 2. The van der Waals surface area contributed by atoms with E-state index in [9.17, 15) is 14.0 Å². The third kappa shape index (κ3) is 4.12. The number of carbonyl (C=O) groups excluding carboxylic acids is 2. The highest BCUT2D eigenvalue weighted by Gasteiger charge is 2.37. The lowest BCUT2D eigenvalue weighted by atomic mass is 9.82. The first-order chi connectivity index (χ1) is 11.4. The molecule has 2 amide bonds. The van der Waals surface area contributed by atoms with Crippen molar-refractivity contribution in [2.24, 2.45) is 11.7 Å². The number of hydrogen-bond donors (Lipinski definition) is 2. The number of benzene rings is 1. The lowest BCUT2D eigenvalue weighted by molar-refractivity contribution is -0.140. The van der Waals surface area contributed by atoms with E-state index in [-0.39, 0.29) is 23.5 Å². The van der Waals surface area contributed by atoms with Crippen molar-refractivity contribution in [1.82, 2.24) is 10.2 Å². The van der Waals surface area contributed by atoms with Gasteiger partial charge in [-0.05, 0) is 44.4 Å². The maximum absolute atomic E-state index is 13.1. The summed E-state index contributed by atoms with van der Waals surface area (Å²) < 4.78 is 13.1. The van der Waals surface area contributed by atoms with Crippen molar-refractivity contribution in [3.63, 3.8) is 0 Å². The van der Waals surface area contributed by atoms with E-state index >= 15 is 0 Å². The summed E-state index contributed by atoms with van der Waals surface area (Å²) in [6, 6.07) is 6.01. The van der Waals surface area contributed by atoms with E-state index in [0.717, 1.165) is 18.4 Å². The van der Waals surface area contributed by atoms with Crippen LogP contribution in [0.25, 0.3) is 0 Å². The van der Waals surface area contributed by atoms with Gasteiger partial charge in [0.15, 0.2) is 0 Å². The number of likely N-dealkylation sites (tertiary alicyclic amines) is 1. The number of nitrogens with one attached hydrogen (secondary N) is 1. The van der Waals surface area contributed by atoms with Crippen LogP contribution in [0.5, 0.6) is 0 Å². The Hall–Kier alpha value is -1.95. The Morgan fingerprint density at radius 1 is 1.33 bits per heavy atom. The maximum atomic E-state index is 13.1. The van der Waals surface area contributed by atoms with Gasteiger partial charge in [0.25, 0.3) is 0 Å². The van der Waals surface area contributed by atoms with Crippen LogP contribution in [-0.2, 0) is 15.0 Å². The molecule has 0 aliphatic carbocycles. The number of nitrogens with two attached hydrogens (primary N) is 1. The summed E-state index contributed by atoms with van der Waals surface area (Å²) in [7, 11) is 0. The zero-order valence-corrected chi connectivity index (χ0v) is 14.3. The van der Waals surface area contributed by atoms with Crippen LogP contribution in [0.3, 0.4) is 0 Å². The van der Waals surface area contributed by atoms with E-state index in [1.54, 1.807) is 17.0 Å². The SMILES string of the molecule is CC(C)(C(=O)N1CCCC(C(=O)NCCN)C1)c1ccc(F)cc1. The zero-order chi connectivity index (χ0) is 17.7. The molecule has 0 radical (unpaired) electrons. The molecule has 3 N–H and O–H groups in total. The molecule has 1 aromatic rings. The molecule has 2 rings (SSSR count). The molecule has 6 heteroatoms. The number of hydrogen-bond acceptors (Lipinski definition) is 3. The summed E-state index contributed by atoms with van der Waals surface area (Å²) >= 11 is 0. The second-order valence-electron chi connectivity index (χ2n) is 6.80. The van der Waals surface area contributed by atoms with Gasteiger partial charge in [0.1, 0.15) is 5.82 Å². The van der Waals surface area contributed by atoms with Crippen LogP contribution >= 0.6 is 0 Å². The Kier molecular flexibility index (Phi) is 5.94. The first kappa shape index (κ1) is 18.4. The summed E-state index contributed by atoms with van der Waals surface area (Å²) in [5, 5.41) is 2.79. The van der Waals surface area contributed by atoms with Crippen LogP contribution in [0.4, 0.5) is 4.39 Å². The molecule has 5 nitrogen and oxygen atoms in total. The van der Waals surface area contributed by atoms with Gasteiger partial charge in [-0.25, -0.2) is 4.39 Å². The van der Waals surface area contributed by atoms with Gasteiger partial charge in [0.05, 0.1) is 11.3 Å². The van der Waals surface area contributed by atoms with Crippen molar-refractivity contribution in [2.45, 2.75) is 32.1 Å². The molecule has 1 aromatic carbocycles. The molecule has 1 aliphatic rings. The molecule has 0 saturated carbocycles. The van der Waals surface area contributed by atoms with Crippen LogP contribution in [0.15, 0.2) is 24.3 Å². The average molecular weight is 335 g/mol. The number of carbonyl (C=O) groups is 2. The topological polar surface area (TPSA) is 75.4 Å². The van der Waals surface area contributed by atoms with Gasteiger partial charge < -0.3 is 16.0 Å². The minimum Gasteiger partial charge on any atom is -0.355 e. The van der Waals surface area contributed by atoms with Gasteiger partial charge in [-0.1, -0.05) is 12.1 Å². The highest BCUT2D eigenvalue weighted by molar-refractivity contribution is 5.88. The first-order valence-electron chi connectivity index (χ1n) is 8.39. The largest absolute Gasteiger partial charge is 0.355 e. The van der Waals surface area contributed by atoms with Crippen LogP contribution in [0.1, 0.15) is 32.3 Å². The van der Waals surface area contributed by atoms with E-state index < -0.39 is 5.41 Å². The van der Waals surface area contributed by atoms with E-state index in [0.29, 0.717) is 26.2 Å². The van der Waals surface area contributed by atoms with Gasteiger partial charge >= 0.3 is 0 Å². The lowest BCUT2D eigenvalue weighted by Crippen LogP contribution is -2.50. The quantitative estimate of drug-likeness (QED) is 0.854. The highest BCUT2D eigenvalue weighted by Crippen LogP contribution is 2.28. The van der Waals surface area contributed by atoms with E-state index in [4.69, 9.17) is 5.73 Å². The smallest absolute Gasteiger partial charge is 0.232 e. The van der Waals surface area contributed by atoms with Crippen molar-refractivity contribution in [3.05, 3.63) is 35.6 Å². The Bertz CT molecular complexity index is 586. The fourth-order valence-electron chi connectivity index (χ4n) is 3.10. The van der Waals surface area contributed by atoms with Gasteiger partial charge in [-0.15, -0.1) is 0 Å². The summed E-state index contributed by atoms with van der Waals surface area (Å²) in [5.41, 5.74) is 5.41. The van der Waals surface area contributed by atoms with Crippen LogP contribution in [0.2, 0.25) is 0 Å². The fraction of sp³-hybridized carbons (Fsp3) is 0.556. The van der Waals surface area contributed by atoms with Crippen LogP contribution in [-0.4, -0.2) is 42.9 Å². The van der Waals surface area contributed by atoms with E-state index in [1.165, 1.54) is 12.1 Å². The van der Waals surface area contributed by atoms with E-state index in [1.807, 2.05) is 13.8 Å². The number of piperidine rings is 1. The number of nitrogens with zero attached hydrogens (tertiary/aromatic N) is 1. The van der Waals surface area contributed by atoms with Crippen molar-refractivity contribution in [2.75, 3.05) is 26.2 Å². The molecule has 0 spiro atoms. The van der Waals surface area contributed by atoms with Gasteiger partial charge in [0.2, 0.25) is 11.8 Å². The molecular formula is C18H26FN3O2. The normalized spacial score (nSPS) is 18.3. The lowest BCUT2D eigenvalue weighted by Gasteiger charge is -2.37. The van der Waals surface area contributed by atoms with Gasteiger partial charge in [-0.3, -0.25) is 9.59 Å². The Morgan fingerprint density at radius 3 is 2.62 bits per heavy atom. The van der Waals surface area contributed by atoms with Crippen molar-refractivity contribution in [1.29, 1.82) is 0 Å². The Labute approximate surface area is 142 Å². The summed E-state index contributed by atoms with van der Waals surface area (Å²) in [5.74, 6) is -0.599.